The Hall–Kier alpha value is -1.39. The first-order valence-electron chi connectivity index (χ1n) is 4.07. The highest BCUT2D eigenvalue weighted by atomic mass is 35.5. The number of hydrogen-bond donors (Lipinski definition) is 1. The molecule has 0 amide bonds. The Morgan fingerprint density at radius 2 is 1.87 bits per heavy atom. The smallest absolute Gasteiger partial charge is 0.153 e. The highest BCUT2D eigenvalue weighted by Gasteiger charge is 2.07. The van der Waals surface area contributed by atoms with Crippen molar-refractivity contribution in [3.8, 4) is 11.4 Å². The molecule has 0 saturated heterocycles. The summed E-state index contributed by atoms with van der Waals surface area (Å²) in [6, 6.07) is 3.43. The van der Waals surface area contributed by atoms with Crippen LogP contribution in [0, 0.1) is 0 Å². The van der Waals surface area contributed by atoms with Gasteiger partial charge in [0.2, 0.25) is 0 Å². The SMILES string of the molecule is Nc1nc(Cl)cnc1-c1ccc(Cl)cn1. The maximum absolute atomic E-state index is 5.71. The molecule has 4 nitrogen and oxygen atoms in total. The molecule has 0 aliphatic carbocycles. The van der Waals surface area contributed by atoms with Crippen molar-refractivity contribution in [3.05, 3.63) is 34.7 Å². The van der Waals surface area contributed by atoms with Crippen LogP contribution in [0.15, 0.2) is 24.5 Å². The molecule has 0 bridgehead atoms. The molecule has 2 heterocycles. The van der Waals surface area contributed by atoms with Gasteiger partial charge in [-0.1, -0.05) is 23.2 Å². The van der Waals surface area contributed by atoms with Gasteiger partial charge < -0.3 is 5.73 Å². The zero-order valence-electron chi connectivity index (χ0n) is 7.48. The van der Waals surface area contributed by atoms with Gasteiger partial charge in [-0.25, -0.2) is 9.97 Å². The van der Waals surface area contributed by atoms with Crippen molar-refractivity contribution in [1.82, 2.24) is 15.0 Å². The molecule has 2 aromatic heterocycles. The van der Waals surface area contributed by atoms with E-state index in [1.54, 1.807) is 12.1 Å². The van der Waals surface area contributed by atoms with Crippen molar-refractivity contribution >= 4 is 29.0 Å². The molecule has 0 saturated carbocycles. The fourth-order valence-electron chi connectivity index (χ4n) is 1.09. The summed E-state index contributed by atoms with van der Waals surface area (Å²) < 4.78 is 0. The van der Waals surface area contributed by atoms with E-state index in [1.807, 2.05) is 0 Å². The van der Waals surface area contributed by atoms with Gasteiger partial charge in [-0.2, -0.15) is 0 Å². The van der Waals surface area contributed by atoms with E-state index < -0.39 is 0 Å². The first-order chi connectivity index (χ1) is 7.16. The Labute approximate surface area is 96.1 Å². The van der Waals surface area contributed by atoms with Crippen molar-refractivity contribution in [2.45, 2.75) is 0 Å². The number of aromatic nitrogens is 3. The minimum absolute atomic E-state index is 0.248. The molecule has 0 atom stereocenters. The Morgan fingerprint density at radius 1 is 1.07 bits per heavy atom. The van der Waals surface area contributed by atoms with E-state index in [0.29, 0.717) is 16.4 Å². The predicted molar refractivity (Wildman–Crippen MR) is 59.7 cm³/mol. The zero-order valence-corrected chi connectivity index (χ0v) is 9.00. The second kappa shape index (κ2) is 4.00. The van der Waals surface area contributed by atoms with Gasteiger partial charge in [-0.15, -0.1) is 0 Å². The van der Waals surface area contributed by atoms with Gasteiger partial charge in [0.1, 0.15) is 10.8 Å². The number of hydrogen-bond acceptors (Lipinski definition) is 4. The van der Waals surface area contributed by atoms with Crippen LogP contribution in [0.5, 0.6) is 0 Å². The third kappa shape index (κ3) is 2.16. The molecule has 76 valence electrons. The van der Waals surface area contributed by atoms with E-state index in [1.165, 1.54) is 12.4 Å². The summed E-state index contributed by atoms with van der Waals surface area (Å²) >= 11 is 11.3. The fourth-order valence-corrected chi connectivity index (χ4v) is 1.35. The average Bonchev–Trinajstić information content (AvgIpc) is 2.20. The molecule has 0 aromatic carbocycles. The summed E-state index contributed by atoms with van der Waals surface area (Å²) in [6.07, 6.45) is 2.94. The zero-order chi connectivity index (χ0) is 10.8. The maximum Gasteiger partial charge on any atom is 0.153 e. The molecule has 0 spiro atoms. The summed E-state index contributed by atoms with van der Waals surface area (Å²) in [4.78, 5) is 12.0. The first kappa shape index (κ1) is 10.1. The number of pyridine rings is 1. The predicted octanol–water partition coefficient (Wildman–Crippen LogP) is 2.43. The largest absolute Gasteiger partial charge is 0.382 e. The molecule has 2 aromatic rings. The highest BCUT2D eigenvalue weighted by Crippen LogP contribution is 2.21. The summed E-state index contributed by atoms with van der Waals surface area (Å²) in [5.74, 6) is 0.248. The fraction of sp³-hybridized carbons (Fsp3) is 0. The van der Waals surface area contributed by atoms with Crippen molar-refractivity contribution in [3.63, 3.8) is 0 Å². The molecular weight excluding hydrogens is 235 g/mol. The standard InChI is InChI=1S/C9H6Cl2N4/c10-5-1-2-6(13-3-5)8-9(12)15-7(11)4-14-8/h1-4H,(H2,12,15). The van der Waals surface area contributed by atoms with E-state index in [9.17, 15) is 0 Å². The molecule has 0 fully saturated rings. The minimum atomic E-state index is 0.248. The van der Waals surface area contributed by atoms with Gasteiger partial charge in [0.05, 0.1) is 16.9 Å². The third-order valence-electron chi connectivity index (χ3n) is 1.74. The van der Waals surface area contributed by atoms with E-state index in [-0.39, 0.29) is 11.0 Å². The molecular formula is C9H6Cl2N4. The van der Waals surface area contributed by atoms with Gasteiger partial charge in [0.25, 0.3) is 0 Å². The molecule has 15 heavy (non-hydrogen) atoms. The first-order valence-corrected chi connectivity index (χ1v) is 4.82. The van der Waals surface area contributed by atoms with Crippen LogP contribution in [0.1, 0.15) is 0 Å². The van der Waals surface area contributed by atoms with Gasteiger partial charge in [0.15, 0.2) is 5.82 Å². The summed E-state index contributed by atoms with van der Waals surface area (Å²) in [5, 5.41) is 0.810. The van der Waals surface area contributed by atoms with Crippen LogP contribution in [0.4, 0.5) is 5.82 Å². The number of rotatable bonds is 1. The van der Waals surface area contributed by atoms with Crippen LogP contribution in [-0.2, 0) is 0 Å². The van der Waals surface area contributed by atoms with Crippen LogP contribution < -0.4 is 5.73 Å². The number of nitrogens with zero attached hydrogens (tertiary/aromatic N) is 3. The van der Waals surface area contributed by atoms with E-state index in [2.05, 4.69) is 15.0 Å². The topological polar surface area (TPSA) is 64.7 Å². The minimum Gasteiger partial charge on any atom is -0.382 e. The summed E-state index contributed by atoms with van der Waals surface area (Å²) in [6.45, 7) is 0. The van der Waals surface area contributed by atoms with Gasteiger partial charge in [-0.05, 0) is 12.1 Å². The van der Waals surface area contributed by atoms with Crippen molar-refractivity contribution in [2.24, 2.45) is 0 Å². The number of anilines is 1. The highest BCUT2D eigenvalue weighted by molar-refractivity contribution is 6.30. The number of nitrogen functional groups attached to an aromatic ring is 1. The lowest BCUT2D eigenvalue weighted by molar-refractivity contribution is 1.18. The summed E-state index contributed by atoms with van der Waals surface area (Å²) in [7, 11) is 0. The van der Waals surface area contributed by atoms with Gasteiger partial charge in [-0.3, -0.25) is 4.98 Å². The van der Waals surface area contributed by atoms with Crippen LogP contribution in [0.25, 0.3) is 11.4 Å². The third-order valence-corrected chi connectivity index (χ3v) is 2.15. The number of halogens is 2. The van der Waals surface area contributed by atoms with E-state index >= 15 is 0 Å². The van der Waals surface area contributed by atoms with Crippen molar-refractivity contribution in [2.75, 3.05) is 5.73 Å². The molecule has 2 N–H and O–H groups in total. The Kier molecular flexibility index (Phi) is 2.70. The quantitative estimate of drug-likeness (QED) is 0.832. The molecule has 0 aliphatic heterocycles. The average molecular weight is 241 g/mol. The lowest BCUT2D eigenvalue weighted by Gasteiger charge is -2.02. The summed E-state index contributed by atoms with van der Waals surface area (Å²) in [5.41, 5.74) is 6.77. The Balaban J connectivity index is 2.49. The molecule has 0 unspecified atom stereocenters. The second-order valence-corrected chi connectivity index (χ2v) is 3.61. The van der Waals surface area contributed by atoms with Crippen LogP contribution in [-0.4, -0.2) is 15.0 Å². The van der Waals surface area contributed by atoms with Crippen LogP contribution in [0.2, 0.25) is 10.2 Å². The second-order valence-electron chi connectivity index (χ2n) is 2.79. The monoisotopic (exact) mass is 240 g/mol. The normalized spacial score (nSPS) is 10.3. The van der Waals surface area contributed by atoms with Gasteiger partial charge in [0, 0.05) is 6.20 Å². The molecule has 0 radical (unpaired) electrons. The van der Waals surface area contributed by atoms with Crippen LogP contribution in [0.3, 0.4) is 0 Å². The lowest BCUT2D eigenvalue weighted by Crippen LogP contribution is -1.98. The molecule has 2 rings (SSSR count). The van der Waals surface area contributed by atoms with E-state index in [0.717, 1.165) is 0 Å². The molecule has 0 aliphatic rings. The number of nitrogens with two attached hydrogens (primary N) is 1. The molecule has 6 heteroatoms. The van der Waals surface area contributed by atoms with Crippen molar-refractivity contribution in [1.29, 1.82) is 0 Å². The Bertz CT molecular complexity index is 484. The van der Waals surface area contributed by atoms with Crippen molar-refractivity contribution < 1.29 is 0 Å². The van der Waals surface area contributed by atoms with E-state index in [4.69, 9.17) is 28.9 Å². The van der Waals surface area contributed by atoms with Gasteiger partial charge >= 0.3 is 0 Å². The Morgan fingerprint density at radius 3 is 2.47 bits per heavy atom. The lowest BCUT2D eigenvalue weighted by atomic mass is 10.2. The van der Waals surface area contributed by atoms with Crippen LogP contribution >= 0.6 is 23.2 Å². The maximum atomic E-state index is 5.71.